The highest BCUT2D eigenvalue weighted by Crippen LogP contribution is 2.41. The first-order chi connectivity index (χ1) is 14.8. The number of methoxy groups -OCH3 is 3. The lowest BCUT2D eigenvalue weighted by molar-refractivity contribution is -0.145. The summed E-state index contributed by atoms with van der Waals surface area (Å²) in [6, 6.07) is 10.7. The van der Waals surface area contributed by atoms with Gasteiger partial charge in [0.25, 0.3) is 5.91 Å². The number of nitrogens with zero attached hydrogens (tertiary/aromatic N) is 1. The van der Waals surface area contributed by atoms with Crippen LogP contribution in [0.25, 0.3) is 5.57 Å². The molecule has 1 aliphatic heterocycles. The van der Waals surface area contributed by atoms with Gasteiger partial charge in [0.15, 0.2) is 5.60 Å². The van der Waals surface area contributed by atoms with E-state index in [0.29, 0.717) is 47.5 Å². The molecule has 7 heteroatoms. The topological polar surface area (TPSA) is 57.2 Å². The van der Waals surface area contributed by atoms with Gasteiger partial charge in [-0.15, -0.1) is 0 Å². The van der Waals surface area contributed by atoms with E-state index < -0.39 is 5.60 Å². The van der Waals surface area contributed by atoms with Crippen molar-refractivity contribution in [3.05, 3.63) is 53.1 Å². The maximum absolute atomic E-state index is 13.1. The molecular formula is C24H28ClNO5. The molecule has 2 aromatic rings. The number of carbonyl (C=O) groups is 1. The number of rotatable bonds is 7. The van der Waals surface area contributed by atoms with E-state index in [1.807, 2.05) is 18.2 Å². The van der Waals surface area contributed by atoms with Gasteiger partial charge in [0.05, 0.1) is 26.9 Å². The predicted molar refractivity (Wildman–Crippen MR) is 121 cm³/mol. The Balaban J connectivity index is 1.78. The Labute approximate surface area is 188 Å². The van der Waals surface area contributed by atoms with Crippen molar-refractivity contribution in [1.82, 2.24) is 4.90 Å². The number of amides is 1. The summed E-state index contributed by atoms with van der Waals surface area (Å²) in [7, 11) is 4.84. The molecule has 3 rings (SSSR count). The lowest BCUT2D eigenvalue weighted by Crippen LogP contribution is -2.50. The Morgan fingerprint density at radius 1 is 0.968 bits per heavy atom. The summed E-state index contributed by atoms with van der Waals surface area (Å²) in [5, 5.41) is 0.620. The molecule has 0 aromatic heterocycles. The number of hydrogen-bond acceptors (Lipinski definition) is 5. The zero-order valence-electron chi connectivity index (χ0n) is 18.5. The van der Waals surface area contributed by atoms with E-state index >= 15 is 0 Å². The zero-order valence-corrected chi connectivity index (χ0v) is 19.3. The molecule has 1 amide bonds. The monoisotopic (exact) mass is 445 g/mol. The summed E-state index contributed by atoms with van der Waals surface area (Å²) in [5.74, 6) is 2.53. The van der Waals surface area contributed by atoms with Gasteiger partial charge in [-0.3, -0.25) is 4.79 Å². The van der Waals surface area contributed by atoms with Crippen molar-refractivity contribution in [3.63, 3.8) is 0 Å². The molecule has 0 bridgehead atoms. The van der Waals surface area contributed by atoms with Gasteiger partial charge in [-0.2, -0.15) is 0 Å². The molecule has 1 heterocycles. The minimum absolute atomic E-state index is 0.0774. The maximum atomic E-state index is 13.1. The SMILES string of the molecule is COc1cc(OC)c(C2=CCN(C(=O)C(C)(C)Oc3ccc(Cl)cc3)CC2)c(OC)c1. The molecule has 166 valence electrons. The molecule has 0 unspecified atom stereocenters. The largest absolute Gasteiger partial charge is 0.496 e. The summed E-state index contributed by atoms with van der Waals surface area (Å²) < 4.78 is 22.4. The number of carbonyl (C=O) groups excluding carboxylic acids is 1. The highest BCUT2D eigenvalue weighted by atomic mass is 35.5. The summed E-state index contributed by atoms with van der Waals surface area (Å²) in [6.45, 7) is 4.59. The second-order valence-corrected chi connectivity index (χ2v) is 8.14. The van der Waals surface area contributed by atoms with Gasteiger partial charge >= 0.3 is 0 Å². The highest BCUT2D eigenvalue weighted by Gasteiger charge is 2.35. The van der Waals surface area contributed by atoms with Crippen molar-refractivity contribution in [3.8, 4) is 23.0 Å². The second kappa shape index (κ2) is 9.52. The lowest BCUT2D eigenvalue weighted by atomic mass is 9.96. The van der Waals surface area contributed by atoms with Gasteiger partial charge in [0, 0.05) is 30.2 Å². The van der Waals surface area contributed by atoms with Crippen molar-refractivity contribution >= 4 is 23.1 Å². The molecule has 0 fully saturated rings. The molecular weight excluding hydrogens is 418 g/mol. The Kier molecular flexibility index (Phi) is 7.01. The van der Waals surface area contributed by atoms with Gasteiger partial charge in [-0.25, -0.2) is 0 Å². The Morgan fingerprint density at radius 3 is 2.06 bits per heavy atom. The van der Waals surface area contributed by atoms with Crippen LogP contribution in [0, 0.1) is 0 Å². The molecule has 6 nitrogen and oxygen atoms in total. The molecule has 2 aromatic carbocycles. The third-order valence-corrected chi connectivity index (χ3v) is 5.49. The number of ether oxygens (including phenoxy) is 4. The van der Waals surface area contributed by atoms with Crippen molar-refractivity contribution < 1.29 is 23.7 Å². The average Bonchev–Trinajstić information content (AvgIpc) is 2.79. The van der Waals surface area contributed by atoms with E-state index in [1.165, 1.54) is 0 Å². The molecule has 31 heavy (non-hydrogen) atoms. The molecule has 1 aliphatic rings. The minimum Gasteiger partial charge on any atom is -0.496 e. The van der Waals surface area contributed by atoms with Crippen molar-refractivity contribution in [1.29, 1.82) is 0 Å². The van der Waals surface area contributed by atoms with Crippen LogP contribution < -0.4 is 18.9 Å². The van der Waals surface area contributed by atoms with Crippen LogP contribution >= 0.6 is 11.6 Å². The normalized spacial score (nSPS) is 14.0. The maximum Gasteiger partial charge on any atom is 0.266 e. The number of hydrogen-bond donors (Lipinski definition) is 0. The Bertz CT molecular complexity index is 943. The number of benzene rings is 2. The van der Waals surface area contributed by atoms with Crippen molar-refractivity contribution in [2.45, 2.75) is 25.9 Å². The summed E-state index contributed by atoms with van der Waals surface area (Å²) >= 11 is 5.93. The summed E-state index contributed by atoms with van der Waals surface area (Å²) in [5.41, 5.74) is 0.945. The van der Waals surface area contributed by atoms with Crippen LogP contribution in [0.5, 0.6) is 23.0 Å². The van der Waals surface area contributed by atoms with Crippen molar-refractivity contribution in [2.24, 2.45) is 0 Å². The predicted octanol–water partition coefficient (Wildman–Crippen LogP) is 4.84. The van der Waals surface area contributed by atoms with E-state index in [0.717, 1.165) is 11.1 Å². The first-order valence-corrected chi connectivity index (χ1v) is 10.4. The Morgan fingerprint density at radius 2 is 1.58 bits per heavy atom. The zero-order chi connectivity index (χ0) is 22.6. The van der Waals surface area contributed by atoms with Crippen LogP contribution in [-0.2, 0) is 4.79 Å². The molecule has 0 aliphatic carbocycles. The van der Waals surface area contributed by atoms with Crippen LogP contribution in [0.15, 0.2) is 42.5 Å². The van der Waals surface area contributed by atoms with Gasteiger partial charge < -0.3 is 23.8 Å². The fraction of sp³-hybridized carbons (Fsp3) is 0.375. The van der Waals surface area contributed by atoms with Crippen LogP contribution in [0.2, 0.25) is 5.02 Å². The third kappa shape index (κ3) is 5.07. The first kappa shape index (κ1) is 22.8. The van der Waals surface area contributed by atoms with Gasteiger partial charge in [0.2, 0.25) is 0 Å². The average molecular weight is 446 g/mol. The van der Waals surface area contributed by atoms with Crippen LogP contribution in [0.1, 0.15) is 25.8 Å². The van der Waals surface area contributed by atoms with E-state index in [9.17, 15) is 4.79 Å². The lowest BCUT2D eigenvalue weighted by Gasteiger charge is -2.34. The van der Waals surface area contributed by atoms with E-state index in [2.05, 4.69) is 0 Å². The summed E-state index contributed by atoms with van der Waals surface area (Å²) in [6.07, 6.45) is 2.70. The first-order valence-electron chi connectivity index (χ1n) is 10.0. The molecule has 0 radical (unpaired) electrons. The quantitative estimate of drug-likeness (QED) is 0.610. The molecule has 0 saturated carbocycles. The van der Waals surface area contributed by atoms with Crippen LogP contribution in [0.3, 0.4) is 0 Å². The minimum atomic E-state index is -1.01. The van der Waals surface area contributed by atoms with E-state index in [-0.39, 0.29) is 5.91 Å². The molecule has 0 N–H and O–H groups in total. The fourth-order valence-corrected chi connectivity index (χ4v) is 3.75. The van der Waals surface area contributed by atoms with E-state index in [4.69, 9.17) is 30.5 Å². The molecule has 0 saturated heterocycles. The smallest absolute Gasteiger partial charge is 0.266 e. The van der Waals surface area contributed by atoms with Gasteiger partial charge in [-0.05, 0) is 50.1 Å². The molecule has 0 spiro atoms. The summed E-state index contributed by atoms with van der Waals surface area (Å²) in [4.78, 5) is 14.9. The third-order valence-electron chi connectivity index (χ3n) is 5.23. The van der Waals surface area contributed by atoms with Crippen molar-refractivity contribution in [2.75, 3.05) is 34.4 Å². The molecule has 0 atom stereocenters. The van der Waals surface area contributed by atoms with E-state index in [1.54, 1.807) is 64.3 Å². The Hall–Kier alpha value is -2.86. The second-order valence-electron chi connectivity index (χ2n) is 7.70. The van der Waals surface area contributed by atoms with Gasteiger partial charge in [-0.1, -0.05) is 17.7 Å². The van der Waals surface area contributed by atoms with Crippen LogP contribution in [-0.4, -0.2) is 50.8 Å². The fourth-order valence-electron chi connectivity index (χ4n) is 3.62. The standard InChI is InChI=1S/C24H28ClNO5/c1-24(2,31-18-8-6-17(25)7-9-18)23(27)26-12-10-16(11-13-26)22-20(29-4)14-19(28-3)15-21(22)30-5/h6-10,14-15H,11-13H2,1-5H3. The van der Waals surface area contributed by atoms with Gasteiger partial charge in [0.1, 0.15) is 23.0 Å². The van der Waals surface area contributed by atoms with Crippen LogP contribution in [0.4, 0.5) is 0 Å². The number of halogens is 1. The highest BCUT2D eigenvalue weighted by molar-refractivity contribution is 6.30.